The topological polar surface area (TPSA) is 92.2 Å². The molecule has 1 N–H and O–H groups in total. The van der Waals surface area contributed by atoms with Crippen LogP contribution in [0.1, 0.15) is 31.1 Å². The van der Waals surface area contributed by atoms with Crippen molar-refractivity contribution < 1.29 is 24.2 Å². The number of ether oxygens (including phenoxy) is 2. The summed E-state index contributed by atoms with van der Waals surface area (Å²) in [6.45, 7) is 7.77. The Morgan fingerprint density at radius 3 is 2.41 bits per heavy atom. The number of carboxylic acids is 1. The molecular weight excluding hydrogens is 370 g/mol. The van der Waals surface area contributed by atoms with E-state index in [1.54, 1.807) is 11.0 Å². The van der Waals surface area contributed by atoms with E-state index in [1.165, 1.54) is 24.5 Å². The monoisotopic (exact) mass is 393 g/mol. The molecule has 1 aliphatic heterocycles. The van der Waals surface area contributed by atoms with Gasteiger partial charge in [0.2, 0.25) is 0 Å². The van der Waals surface area contributed by atoms with Crippen LogP contribution < -0.4 is 9.64 Å². The van der Waals surface area contributed by atoms with Crippen molar-refractivity contribution in [3.63, 3.8) is 0 Å². The largest absolute Gasteiger partial charge is 0.494 e. The Labute approximate surface area is 161 Å². The summed E-state index contributed by atoms with van der Waals surface area (Å²) >= 11 is 1.33. The van der Waals surface area contributed by atoms with Crippen LogP contribution in [-0.4, -0.2) is 65.9 Å². The fourth-order valence-corrected chi connectivity index (χ4v) is 3.99. The van der Waals surface area contributed by atoms with Gasteiger partial charge < -0.3 is 24.4 Å². The van der Waals surface area contributed by atoms with Gasteiger partial charge in [-0.1, -0.05) is 11.3 Å². The molecule has 0 saturated carbocycles. The average Bonchev–Trinajstić information content (AvgIpc) is 3.04. The standard InChI is InChI=1S/C18H23N3O5S/c1-18(2,3)26-17(24)21-9-7-20(8-10-21)16-19-13-12(25-4)6-5-11(15(22)23)14(13)27-16/h5-6H,7-10H2,1-4H3,(H,22,23). The van der Waals surface area contributed by atoms with Crippen LogP contribution in [0.25, 0.3) is 10.2 Å². The second-order valence-electron chi connectivity index (χ2n) is 7.25. The number of carbonyl (C=O) groups is 2. The van der Waals surface area contributed by atoms with Crippen LogP contribution in [0, 0.1) is 0 Å². The van der Waals surface area contributed by atoms with Gasteiger partial charge in [0.15, 0.2) is 5.13 Å². The minimum atomic E-state index is -0.993. The van der Waals surface area contributed by atoms with E-state index in [2.05, 4.69) is 9.88 Å². The van der Waals surface area contributed by atoms with Gasteiger partial charge in [-0.05, 0) is 32.9 Å². The van der Waals surface area contributed by atoms with Gasteiger partial charge in [-0.2, -0.15) is 0 Å². The van der Waals surface area contributed by atoms with Gasteiger partial charge >= 0.3 is 12.1 Å². The number of amides is 1. The molecule has 2 aromatic rings. The third-order valence-electron chi connectivity index (χ3n) is 4.15. The highest BCUT2D eigenvalue weighted by Gasteiger charge is 2.27. The predicted octanol–water partition coefficient (Wildman–Crippen LogP) is 3.06. The summed E-state index contributed by atoms with van der Waals surface area (Å²) in [6.07, 6.45) is -0.318. The zero-order chi connectivity index (χ0) is 19.8. The van der Waals surface area contributed by atoms with Crippen LogP contribution in [0.15, 0.2) is 12.1 Å². The highest BCUT2D eigenvalue weighted by atomic mass is 32.1. The lowest BCUT2D eigenvalue weighted by atomic mass is 10.2. The normalized spacial score (nSPS) is 15.1. The maximum absolute atomic E-state index is 12.2. The van der Waals surface area contributed by atoms with Gasteiger partial charge in [-0.25, -0.2) is 14.6 Å². The highest BCUT2D eigenvalue weighted by molar-refractivity contribution is 7.22. The lowest BCUT2D eigenvalue weighted by molar-refractivity contribution is 0.0240. The highest BCUT2D eigenvalue weighted by Crippen LogP contribution is 2.37. The fourth-order valence-electron chi connectivity index (χ4n) is 2.85. The number of methoxy groups -OCH3 is 1. The first kappa shape index (κ1) is 19.2. The second-order valence-corrected chi connectivity index (χ2v) is 8.23. The quantitative estimate of drug-likeness (QED) is 0.857. The molecular formula is C18H23N3O5S. The Balaban J connectivity index is 1.78. The van der Waals surface area contributed by atoms with E-state index in [0.717, 1.165) is 5.13 Å². The van der Waals surface area contributed by atoms with Crippen molar-refractivity contribution in [2.24, 2.45) is 0 Å². The lowest BCUT2D eigenvalue weighted by Crippen LogP contribution is -2.50. The minimum Gasteiger partial charge on any atom is -0.494 e. The van der Waals surface area contributed by atoms with Crippen molar-refractivity contribution in [1.82, 2.24) is 9.88 Å². The van der Waals surface area contributed by atoms with Crippen LogP contribution in [-0.2, 0) is 4.74 Å². The summed E-state index contributed by atoms with van der Waals surface area (Å²) < 4.78 is 11.3. The minimum absolute atomic E-state index is 0.210. The van der Waals surface area contributed by atoms with Gasteiger partial charge in [0.05, 0.1) is 17.4 Å². The molecule has 9 heteroatoms. The van der Waals surface area contributed by atoms with E-state index >= 15 is 0 Å². The first-order valence-corrected chi connectivity index (χ1v) is 9.45. The van der Waals surface area contributed by atoms with Gasteiger partial charge in [-0.15, -0.1) is 0 Å². The number of thiazole rings is 1. The van der Waals surface area contributed by atoms with Crippen molar-refractivity contribution in [1.29, 1.82) is 0 Å². The number of piperazine rings is 1. The molecule has 0 spiro atoms. The van der Waals surface area contributed by atoms with Crippen molar-refractivity contribution in [2.45, 2.75) is 26.4 Å². The zero-order valence-electron chi connectivity index (χ0n) is 15.8. The van der Waals surface area contributed by atoms with Gasteiger partial charge in [0.25, 0.3) is 0 Å². The molecule has 1 saturated heterocycles. The van der Waals surface area contributed by atoms with Crippen molar-refractivity contribution in [3.8, 4) is 5.75 Å². The molecule has 3 rings (SSSR count). The number of benzene rings is 1. The second kappa shape index (κ2) is 7.22. The Morgan fingerprint density at radius 2 is 1.85 bits per heavy atom. The van der Waals surface area contributed by atoms with Crippen LogP contribution >= 0.6 is 11.3 Å². The molecule has 27 heavy (non-hydrogen) atoms. The third kappa shape index (κ3) is 4.08. The Bertz CT molecular complexity index is 866. The molecule has 0 bridgehead atoms. The molecule has 0 radical (unpaired) electrons. The molecule has 0 aliphatic carbocycles. The molecule has 1 aliphatic rings. The van der Waals surface area contributed by atoms with E-state index < -0.39 is 11.6 Å². The Morgan fingerprint density at radius 1 is 1.19 bits per heavy atom. The number of carboxylic acid groups (broad SMARTS) is 1. The maximum atomic E-state index is 12.2. The fraction of sp³-hybridized carbons (Fsp3) is 0.500. The number of nitrogens with zero attached hydrogens (tertiary/aromatic N) is 3. The van der Waals surface area contributed by atoms with E-state index in [4.69, 9.17) is 9.47 Å². The molecule has 146 valence electrons. The number of aromatic nitrogens is 1. The van der Waals surface area contributed by atoms with Gasteiger partial charge in [0.1, 0.15) is 16.9 Å². The lowest BCUT2D eigenvalue weighted by Gasteiger charge is -2.35. The van der Waals surface area contributed by atoms with Gasteiger partial charge in [0, 0.05) is 26.2 Å². The predicted molar refractivity (Wildman–Crippen MR) is 103 cm³/mol. The van der Waals surface area contributed by atoms with Crippen molar-refractivity contribution >= 4 is 38.7 Å². The summed E-state index contributed by atoms with van der Waals surface area (Å²) in [5, 5.41) is 10.1. The van der Waals surface area contributed by atoms with Crippen LogP contribution in [0.4, 0.5) is 9.93 Å². The van der Waals surface area contributed by atoms with E-state index in [-0.39, 0.29) is 11.7 Å². The number of anilines is 1. The number of hydrogen-bond donors (Lipinski definition) is 1. The number of aromatic carboxylic acids is 1. The maximum Gasteiger partial charge on any atom is 0.410 e. The average molecular weight is 393 g/mol. The summed E-state index contributed by atoms with van der Waals surface area (Å²) in [7, 11) is 1.54. The molecule has 1 aromatic carbocycles. The number of hydrogen-bond acceptors (Lipinski definition) is 7. The Hall–Kier alpha value is -2.55. The van der Waals surface area contributed by atoms with Gasteiger partial charge in [-0.3, -0.25) is 0 Å². The number of rotatable bonds is 3. The summed E-state index contributed by atoms with van der Waals surface area (Å²) in [6, 6.07) is 3.15. The molecule has 1 amide bonds. The van der Waals surface area contributed by atoms with Crippen molar-refractivity contribution in [3.05, 3.63) is 17.7 Å². The van der Waals surface area contributed by atoms with Crippen molar-refractivity contribution in [2.75, 3.05) is 38.2 Å². The molecule has 0 unspecified atom stereocenters. The molecule has 2 heterocycles. The first-order valence-electron chi connectivity index (χ1n) is 8.63. The van der Waals surface area contributed by atoms with E-state index in [0.29, 0.717) is 42.1 Å². The van der Waals surface area contributed by atoms with E-state index in [9.17, 15) is 14.7 Å². The van der Waals surface area contributed by atoms with Crippen LogP contribution in [0.5, 0.6) is 5.75 Å². The molecule has 1 aromatic heterocycles. The third-order valence-corrected chi connectivity index (χ3v) is 5.30. The number of carbonyl (C=O) groups excluding carboxylic acids is 1. The zero-order valence-corrected chi connectivity index (χ0v) is 16.6. The number of fused-ring (bicyclic) bond motifs is 1. The molecule has 1 fully saturated rings. The summed E-state index contributed by atoms with van der Waals surface area (Å²) in [5.41, 5.74) is 0.235. The smallest absolute Gasteiger partial charge is 0.410 e. The van der Waals surface area contributed by atoms with Crippen LogP contribution in [0.2, 0.25) is 0 Å². The summed E-state index contributed by atoms with van der Waals surface area (Å²) in [5.74, 6) is -0.447. The molecule has 0 atom stereocenters. The first-order chi connectivity index (χ1) is 12.7. The summed E-state index contributed by atoms with van der Waals surface area (Å²) in [4.78, 5) is 32.0. The van der Waals surface area contributed by atoms with Crippen LogP contribution in [0.3, 0.4) is 0 Å². The molecule has 8 nitrogen and oxygen atoms in total. The SMILES string of the molecule is COc1ccc(C(=O)O)c2sc(N3CCN(C(=O)OC(C)(C)C)CC3)nc12. The Kier molecular flexibility index (Phi) is 5.14. The van der Waals surface area contributed by atoms with E-state index in [1.807, 2.05) is 20.8 Å².